The molecule has 0 saturated carbocycles. The van der Waals surface area contributed by atoms with Gasteiger partial charge >= 0.3 is 0 Å². The number of aromatic nitrogens is 7. The Balaban J connectivity index is 1.15. The van der Waals surface area contributed by atoms with Crippen molar-refractivity contribution in [2.45, 2.75) is 0 Å². The van der Waals surface area contributed by atoms with E-state index in [-0.39, 0.29) is 0 Å². The maximum atomic E-state index is 4.60. The van der Waals surface area contributed by atoms with Crippen LogP contribution in [-0.2, 0) is 0 Å². The number of nitrogens with zero attached hydrogens (tertiary/aromatic N) is 5. The van der Waals surface area contributed by atoms with Gasteiger partial charge in [-0.1, -0.05) is 36.4 Å². The van der Waals surface area contributed by atoms with E-state index in [1.807, 2.05) is 48.8 Å². The molecule has 0 radical (unpaired) electrons. The Kier molecular flexibility index (Phi) is 4.32. The maximum absolute atomic E-state index is 4.60. The first-order valence-electron chi connectivity index (χ1n) is 12.2. The van der Waals surface area contributed by atoms with Crippen LogP contribution in [0.2, 0.25) is 0 Å². The summed E-state index contributed by atoms with van der Waals surface area (Å²) in [5.74, 6) is 2.91. The number of para-hydroxylation sites is 2. The van der Waals surface area contributed by atoms with Crippen LogP contribution in [0, 0.1) is 0 Å². The molecular formula is C29H19N9. The molecule has 0 spiro atoms. The Labute approximate surface area is 215 Å². The fourth-order valence-electron chi connectivity index (χ4n) is 5.06. The van der Waals surface area contributed by atoms with Crippen LogP contribution in [0.1, 0.15) is 0 Å². The number of H-pyrrole nitrogens is 2. The number of aromatic amines is 2. The van der Waals surface area contributed by atoms with Gasteiger partial charge in [-0.05, 0) is 24.3 Å². The Morgan fingerprint density at radius 2 is 1.03 bits per heavy atom. The van der Waals surface area contributed by atoms with E-state index in [0.29, 0.717) is 11.6 Å². The first-order valence-corrected chi connectivity index (χ1v) is 12.2. The monoisotopic (exact) mass is 493 g/mol. The van der Waals surface area contributed by atoms with Gasteiger partial charge in [0.25, 0.3) is 0 Å². The van der Waals surface area contributed by atoms with Crippen LogP contribution in [0.25, 0.3) is 54.7 Å². The highest BCUT2D eigenvalue weighted by Gasteiger charge is 2.17. The first kappa shape index (κ1) is 20.6. The van der Waals surface area contributed by atoms with Crippen molar-refractivity contribution >= 4 is 66.9 Å². The van der Waals surface area contributed by atoms with Gasteiger partial charge in [0.1, 0.15) is 29.6 Å². The molecule has 6 aromatic rings. The highest BCUT2D eigenvalue weighted by Crippen LogP contribution is 2.36. The van der Waals surface area contributed by atoms with E-state index in [0.717, 1.165) is 66.4 Å². The number of benzene rings is 2. The molecule has 0 saturated heterocycles. The van der Waals surface area contributed by atoms with Crippen LogP contribution in [0.15, 0.2) is 91.8 Å². The van der Waals surface area contributed by atoms with Crippen LogP contribution in [0.5, 0.6) is 0 Å². The summed E-state index contributed by atoms with van der Waals surface area (Å²) in [6, 6.07) is 20.4. The Hall–Kier alpha value is -5.57. The van der Waals surface area contributed by atoms with Gasteiger partial charge in [-0.15, -0.1) is 0 Å². The Morgan fingerprint density at radius 1 is 0.526 bits per heavy atom. The van der Waals surface area contributed by atoms with Crippen molar-refractivity contribution in [1.29, 1.82) is 0 Å². The number of rotatable bonds is 4. The minimum absolute atomic E-state index is 0.647. The summed E-state index contributed by atoms with van der Waals surface area (Å²) in [6.07, 6.45) is 8.83. The summed E-state index contributed by atoms with van der Waals surface area (Å²) in [5.41, 5.74) is 5.50. The van der Waals surface area contributed by atoms with E-state index in [1.165, 1.54) is 0 Å². The zero-order valence-corrected chi connectivity index (χ0v) is 19.9. The largest absolute Gasteiger partial charge is 0.340 e. The molecule has 0 unspecified atom stereocenters. The predicted molar refractivity (Wildman–Crippen MR) is 150 cm³/mol. The summed E-state index contributed by atoms with van der Waals surface area (Å²) < 4.78 is 0. The van der Waals surface area contributed by atoms with E-state index in [2.05, 4.69) is 69.8 Å². The molecule has 180 valence electrons. The van der Waals surface area contributed by atoms with E-state index in [1.54, 1.807) is 18.7 Å². The Bertz CT molecular complexity index is 1960. The molecule has 0 fully saturated rings. The molecule has 9 heteroatoms. The Morgan fingerprint density at radius 3 is 1.55 bits per heavy atom. The van der Waals surface area contributed by atoms with Gasteiger partial charge in [-0.25, -0.2) is 9.97 Å². The molecule has 0 atom stereocenters. The van der Waals surface area contributed by atoms with Crippen molar-refractivity contribution in [1.82, 2.24) is 34.9 Å². The second-order valence-corrected chi connectivity index (χ2v) is 9.13. The highest BCUT2D eigenvalue weighted by atomic mass is 15.1. The molecular weight excluding hydrogens is 474 g/mol. The van der Waals surface area contributed by atoms with E-state index in [4.69, 9.17) is 0 Å². The molecule has 4 aromatic heterocycles. The SMILES string of the molecule is c1ccc2c(c1)ncc1[nH]c(Nc3ncnc(Nc4cc5c(cnc6ccccc65)[nH]4)c4cncc3-4)cc12. The van der Waals surface area contributed by atoms with E-state index >= 15 is 0 Å². The zero-order chi connectivity index (χ0) is 25.1. The fraction of sp³-hybridized carbons (Fsp3) is 0. The molecule has 6 heterocycles. The van der Waals surface area contributed by atoms with Crippen LogP contribution in [0.4, 0.5) is 23.3 Å². The van der Waals surface area contributed by atoms with Gasteiger partial charge in [0.2, 0.25) is 0 Å². The number of hydrogen-bond donors (Lipinski definition) is 4. The maximum Gasteiger partial charge on any atom is 0.142 e. The quantitative estimate of drug-likeness (QED) is 0.220. The van der Waals surface area contributed by atoms with E-state index in [9.17, 15) is 0 Å². The number of fused-ring (bicyclic) bond motifs is 7. The summed E-state index contributed by atoms with van der Waals surface area (Å²) in [6.45, 7) is 0. The third-order valence-corrected chi connectivity index (χ3v) is 6.84. The standard InChI is InChI=1S/C29H19N9/c1-3-7-22-16(5-1)18-9-26(35-24(18)13-31-22)37-28-20-11-30-12-21(20)29(34-15-33-28)38-27-10-19-17-6-2-4-8-23(17)32-14-25(19)36-27/h1-15,35-36H,(H2,33,34,37,38). The molecule has 0 amide bonds. The van der Waals surface area contributed by atoms with Crippen molar-refractivity contribution in [3.05, 3.63) is 91.8 Å². The van der Waals surface area contributed by atoms with Crippen LogP contribution >= 0.6 is 0 Å². The summed E-state index contributed by atoms with van der Waals surface area (Å²) in [4.78, 5) is 29.5. The lowest BCUT2D eigenvalue weighted by Crippen LogP contribution is -1.95. The average molecular weight is 494 g/mol. The normalized spacial score (nSPS) is 11.7. The molecule has 4 N–H and O–H groups in total. The van der Waals surface area contributed by atoms with Crippen molar-refractivity contribution in [2.24, 2.45) is 0 Å². The smallest absolute Gasteiger partial charge is 0.142 e. The molecule has 2 aliphatic rings. The van der Waals surface area contributed by atoms with Crippen molar-refractivity contribution in [2.75, 3.05) is 10.6 Å². The molecule has 0 aliphatic carbocycles. The lowest BCUT2D eigenvalue weighted by Gasteiger charge is -2.06. The first-order chi connectivity index (χ1) is 18.8. The van der Waals surface area contributed by atoms with Crippen molar-refractivity contribution < 1.29 is 0 Å². The zero-order valence-electron chi connectivity index (χ0n) is 19.9. The van der Waals surface area contributed by atoms with Gasteiger partial charge in [-0.3, -0.25) is 15.0 Å². The molecule has 9 nitrogen and oxygen atoms in total. The third-order valence-electron chi connectivity index (χ3n) is 6.84. The topological polar surface area (TPSA) is 120 Å². The van der Waals surface area contributed by atoms with Gasteiger partial charge in [0.05, 0.1) is 34.5 Å². The molecule has 2 aromatic carbocycles. The van der Waals surface area contributed by atoms with Crippen molar-refractivity contribution in [3.8, 4) is 11.1 Å². The summed E-state index contributed by atoms with van der Waals surface area (Å²) in [5, 5.41) is 11.2. The van der Waals surface area contributed by atoms with Gasteiger partial charge in [0.15, 0.2) is 0 Å². The number of nitrogens with one attached hydrogen (secondary N) is 4. The van der Waals surface area contributed by atoms with E-state index < -0.39 is 0 Å². The van der Waals surface area contributed by atoms with Gasteiger partial charge in [0, 0.05) is 45.1 Å². The minimum atomic E-state index is 0.647. The van der Waals surface area contributed by atoms with Crippen LogP contribution in [-0.4, -0.2) is 34.9 Å². The van der Waals surface area contributed by atoms with Crippen molar-refractivity contribution in [3.63, 3.8) is 0 Å². The molecule has 8 rings (SSSR count). The number of hydrogen-bond acceptors (Lipinski definition) is 7. The lowest BCUT2D eigenvalue weighted by molar-refractivity contribution is 1.21. The van der Waals surface area contributed by atoms with Gasteiger partial charge < -0.3 is 20.6 Å². The lowest BCUT2D eigenvalue weighted by atomic mass is 10.1. The van der Waals surface area contributed by atoms with Crippen LogP contribution < -0.4 is 10.6 Å². The highest BCUT2D eigenvalue weighted by molar-refractivity contribution is 6.07. The fourth-order valence-corrected chi connectivity index (χ4v) is 5.06. The molecule has 0 bridgehead atoms. The summed E-state index contributed by atoms with van der Waals surface area (Å²) >= 11 is 0. The molecule has 38 heavy (non-hydrogen) atoms. The predicted octanol–water partition coefficient (Wildman–Crippen LogP) is 6.52. The second kappa shape index (κ2) is 7.97. The third kappa shape index (κ3) is 3.22. The second-order valence-electron chi connectivity index (χ2n) is 9.13. The number of pyridine rings is 2. The van der Waals surface area contributed by atoms with Gasteiger partial charge in [-0.2, -0.15) is 0 Å². The average Bonchev–Trinajstić information content (AvgIpc) is 3.68. The molecule has 2 aliphatic heterocycles. The number of anilines is 4. The summed E-state index contributed by atoms with van der Waals surface area (Å²) in [7, 11) is 0. The van der Waals surface area contributed by atoms with Crippen LogP contribution in [0.3, 0.4) is 0 Å². The minimum Gasteiger partial charge on any atom is -0.340 e.